The molecular weight excluding hydrogens is 753 g/mol. The number of hydrogen-bond donors (Lipinski definition) is 3. The minimum atomic E-state index is -2.99. The standard InChI is InChI=1S/C49H50BNO7Si/c1-49(2,3)59(40-21-9-5-10-22-40,41-23-11-6-12-24-41)58-31-36-29-42-46(48(54)51(47(42)53)38-19-14-18-37(30-38)50(55)56)43-32-57-44(45(36)43)26-25-35(34-16-7-4-8-17-34)27-33-15-13-20-39(52)28-33/h4-24,27-28,30,42-44,46,52,55-56H,25-26,29,31-32H2,1-3H3/b35-27-/t42-,43+,44-,46-/m1/s1. The second-order valence-corrected chi connectivity index (χ2v) is 21.2. The van der Waals surface area contributed by atoms with Crippen LogP contribution in [-0.2, 0) is 18.8 Å². The zero-order chi connectivity index (χ0) is 41.3. The van der Waals surface area contributed by atoms with Gasteiger partial charge in [-0.2, -0.15) is 0 Å². The van der Waals surface area contributed by atoms with Gasteiger partial charge in [0.05, 0.1) is 36.8 Å². The van der Waals surface area contributed by atoms with Gasteiger partial charge in [0.1, 0.15) is 5.75 Å². The van der Waals surface area contributed by atoms with Crippen LogP contribution in [0.1, 0.15) is 51.2 Å². The second-order valence-electron chi connectivity index (χ2n) is 16.9. The molecule has 5 aromatic rings. The van der Waals surface area contributed by atoms with E-state index in [0.29, 0.717) is 31.6 Å². The van der Waals surface area contributed by atoms with E-state index < -0.39 is 27.3 Å². The van der Waals surface area contributed by atoms with Crippen LogP contribution in [0.15, 0.2) is 151 Å². The van der Waals surface area contributed by atoms with Crippen LogP contribution in [0.25, 0.3) is 11.6 Å². The second kappa shape index (κ2) is 16.7. The van der Waals surface area contributed by atoms with Gasteiger partial charge in [-0.25, -0.2) is 0 Å². The molecule has 8 nitrogen and oxygen atoms in total. The lowest BCUT2D eigenvalue weighted by Crippen LogP contribution is -2.66. The molecule has 4 atom stereocenters. The van der Waals surface area contributed by atoms with Gasteiger partial charge >= 0.3 is 7.12 Å². The molecule has 1 aliphatic carbocycles. The molecule has 10 heteroatoms. The van der Waals surface area contributed by atoms with Gasteiger partial charge < -0.3 is 24.3 Å². The van der Waals surface area contributed by atoms with Crippen LogP contribution in [0.2, 0.25) is 5.04 Å². The number of ether oxygens (including phenoxy) is 1. The molecule has 0 spiro atoms. The van der Waals surface area contributed by atoms with Crippen LogP contribution in [0.5, 0.6) is 5.75 Å². The number of carbonyl (C=O) groups is 2. The molecule has 2 fully saturated rings. The maximum Gasteiger partial charge on any atom is 0.488 e. The van der Waals surface area contributed by atoms with E-state index in [4.69, 9.17) is 9.16 Å². The van der Waals surface area contributed by atoms with E-state index in [1.807, 2.05) is 42.5 Å². The normalized spacial score (nSPS) is 20.8. The molecule has 5 aromatic carbocycles. The van der Waals surface area contributed by atoms with Crippen LogP contribution >= 0.6 is 0 Å². The summed E-state index contributed by atoms with van der Waals surface area (Å²) in [4.78, 5) is 30.3. The first-order valence-electron chi connectivity index (χ1n) is 20.4. The molecule has 2 saturated heterocycles. The summed E-state index contributed by atoms with van der Waals surface area (Å²) < 4.78 is 14.3. The quantitative estimate of drug-likeness (QED) is 0.0572. The molecule has 2 heterocycles. The predicted molar refractivity (Wildman–Crippen MR) is 236 cm³/mol. The zero-order valence-electron chi connectivity index (χ0n) is 33.7. The van der Waals surface area contributed by atoms with Gasteiger partial charge in [0, 0.05) is 5.92 Å². The van der Waals surface area contributed by atoms with Gasteiger partial charge in [0.25, 0.3) is 8.32 Å². The Morgan fingerprint density at radius 1 is 0.814 bits per heavy atom. The summed E-state index contributed by atoms with van der Waals surface area (Å²) in [5.41, 5.74) is 5.64. The molecular formula is C49H50BNO7Si. The largest absolute Gasteiger partial charge is 0.508 e. The van der Waals surface area contributed by atoms with E-state index in [-0.39, 0.29) is 46.7 Å². The lowest BCUT2D eigenvalue weighted by molar-refractivity contribution is -0.122. The summed E-state index contributed by atoms with van der Waals surface area (Å²) in [5.74, 6) is -1.97. The summed E-state index contributed by atoms with van der Waals surface area (Å²) in [6, 6.07) is 44.7. The molecule has 0 aromatic heterocycles. The Kier molecular flexibility index (Phi) is 11.5. The number of allylic oxidation sites excluding steroid dienone is 1. The molecule has 8 rings (SSSR count). The lowest BCUT2D eigenvalue weighted by atomic mass is 9.69. The highest BCUT2D eigenvalue weighted by atomic mass is 28.4. The van der Waals surface area contributed by atoms with E-state index in [1.165, 1.54) is 11.0 Å². The van der Waals surface area contributed by atoms with Crippen LogP contribution in [0.4, 0.5) is 5.69 Å². The predicted octanol–water partition coefficient (Wildman–Crippen LogP) is 6.49. The summed E-state index contributed by atoms with van der Waals surface area (Å²) in [6.07, 6.45) is 3.43. The molecule has 0 radical (unpaired) electrons. The van der Waals surface area contributed by atoms with Crippen LogP contribution in [0.3, 0.4) is 0 Å². The number of carbonyl (C=O) groups excluding carboxylic acids is 2. The zero-order valence-corrected chi connectivity index (χ0v) is 34.7. The molecule has 300 valence electrons. The molecule has 59 heavy (non-hydrogen) atoms. The first-order chi connectivity index (χ1) is 28.5. The fraction of sp³-hybridized carbons (Fsp3) is 0.265. The number of amides is 2. The summed E-state index contributed by atoms with van der Waals surface area (Å²) >= 11 is 0. The lowest BCUT2D eigenvalue weighted by Gasteiger charge is -2.44. The third-order valence-electron chi connectivity index (χ3n) is 12.3. The minimum Gasteiger partial charge on any atom is -0.508 e. The average molecular weight is 804 g/mol. The van der Waals surface area contributed by atoms with Gasteiger partial charge in [-0.15, -0.1) is 0 Å². The minimum absolute atomic E-state index is 0.199. The fourth-order valence-corrected chi connectivity index (χ4v) is 14.2. The maximum atomic E-state index is 14.5. The Morgan fingerprint density at radius 2 is 1.46 bits per heavy atom. The van der Waals surface area contributed by atoms with Crippen LogP contribution in [-0.4, -0.2) is 61.7 Å². The van der Waals surface area contributed by atoms with Gasteiger partial charge in [-0.1, -0.05) is 142 Å². The Balaban J connectivity index is 1.20. The number of aromatic hydroxyl groups is 1. The van der Waals surface area contributed by atoms with E-state index >= 15 is 0 Å². The van der Waals surface area contributed by atoms with Crippen molar-refractivity contribution >= 4 is 60.4 Å². The monoisotopic (exact) mass is 803 g/mol. The van der Waals surface area contributed by atoms with Gasteiger partial charge in [-0.3, -0.25) is 14.5 Å². The number of nitrogens with zero attached hydrogens (tertiary/aromatic N) is 1. The molecule has 2 amide bonds. The van der Waals surface area contributed by atoms with Gasteiger partial charge in [-0.05, 0) is 92.2 Å². The van der Waals surface area contributed by atoms with Gasteiger partial charge in [0.2, 0.25) is 11.8 Å². The van der Waals surface area contributed by atoms with Crippen molar-refractivity contribution in [2.45, 2.75) is 51.2 Å². The number of anilines is 1. The molecule has 3 aliphatic rings. The third-order valence-corrected chi connectivity index (χ3v) is 17.3. The Hall–Kier alpha value is -5.36. The number of benzene rings is 5. The van der Waals surface area contributed by atoms with Crippen molar-refractivity contribution in [3.63, 3.8) is 0 Å². The molecule has 3 N–H and O–H groups in total. The van der Waals surface area contributed by atoms with Crippen molar-refractivity contribution in [1.29, 1.82) is 0 Å². The molecule has 0 unspecified atom stereocenters. The van der Waals surface area contributed by atoms with Crippen molar-refractivity contribution in [1.82, 2.24) is 0 Å². The maximum absolute atomic E-state index is 14.5. The topological polar surface area (TPSA) is 117 Å². The van der Waals surface area contributed by atoms with Crippen molar-refractivity contribution in [3.8, 4) is 5.75 Å². The van der Waals surface area contributed by atoms with Crippen molar-refractivity contribution in [3.05, 3.63) is 162 Å². The van der Waals surface area contributed by atoms with E-state index in [1.54, 1.807) is 30.3 Å². The summed E-state index contributed by atoms with van der Waals surface area (Å²) in [6.45, 7) is 7.31. The number of phenolic OH excluding ortho intramolecular Hbond substituents is 1. The van der Waals surface area contributed by atoms with Gasteiger partial charge in [0.15, 0.2) is 0 Å². The SMILES string of the molecule is CC(C)(C)[Si](OCC1=C2[C@@H](CC/C(=C/c3cccc(O)c3)c3ccccc3)OC[C@@H]2[C@@H]2C(=O)N(c3cccc(B(O)O)c3)C(=O)[C@@H]2C1)(c1ccccc1)c1ccccc1. The number of imide groups is 1. The highest BCUT2D eigenvalue weighted by molar-refractivity contribution is 6.99. The van der Waals surface area contributed by atoms with E-state index in [2.05, 4.69) is 87.5 Å². The third kappa shape index (κ3) is 7.79. The molecule has 0 bridgehead atoms. The van der Waals surface area contributed by atoms with Crippen molar-refractivity contribution < 1.29 is 33.9 Å². The Labute approximate surface area is 347 Å². The Bertz CT molecular complexity index is 2340. The fourth-order valence-electron chi connectivity index (χ4n) is 9.70. The van der Waals surface area contributed by atoms with Crippen LogP contribution in [0, 0.1) is 17.8 Å². The number of phenols is 1. The highest BCUT2D eigenvalue weighted by Crippen LogP contribution is 2.51. The number of hydrogen-bond acceptors (Lipinski definition) is 7. The van der Waals surface area contributed by atoms with Crippen molar-refractivity contribution in [2.24, 2.45) is 17.8 Å². The summed E-state index contributed by atoms with van der Waals surface area (Å²) in [7, 11) is -4.73. The Morgan fingerprint density at radius 3 is 2.08 bits per heavy atom. The smallest absolute Gasteiger partial charge is 0.488 e. The first kappa shape index (κ1) is 40.4. The van der Waals surface area contributed by atoms with E-state index in [0.717, 1.165) is 38.2 Å². The highest BCUT2D eigenvalue weighted by Gasteiger charge is 2.58. The van der Waals surface area contributed by atoms with Crippen LogP contribution < -0.4 is 20.7 Å². The number of fused-ring (bicyclic) bond motifs is 3. The molecule has 0 saturated carbocycles. The molecule has 2 aliphatic heterocycles. The first-order valence-corrected chi connectivity index (χ1v) is 22.3. The number of rotatable bonds is 12. The summed E-state index contributed by atoms with van der Waals surface area (Å²) in [5, 5.41) is 32.2. The van der Waals surface area contributed by atoms with Crippen molar-refractivity contribution in [2.75, 3.05) is 18.1 Å². The van der Waals surface area contributed by atoms with E-state index in [9.17, 15) is 24.7 Å². The average Bonchev–Trinajstić information content (AvgIpc) is 3.77.